The number of carbonyl (C=O) groups is 1. The van der Waals surface area contributed by atoms with Crippen molar-refractivity contribution in [3.8, 4) is 11.5 Å². The number of aromatic nitrogens is 1. The summed E-state index contributed by atoms with van der Waals surface area (Å²) in [6.07, 6.45) is 1.52. The summed E-state index contributed by atoms with van der Waals surface area (Å²) in [4.78, 5) is 32.3. The molecule has 7 nitrogen and oxygen atoms in total. The third-order valence-electron chi connectivity index (χ3n) is 6.68. The molecule has 44 heavy (non-hydrogen) atoms. The molecule has 3 aromatic carbocycles. The molecule has 5 rings (SSSR count). The van der Waals surface area contributed by atoms with Crippen molar-refractivity contribution in [1.82, 2.24) is 4.57 Å². The minimum Gasteiger partial charge on any atom is -0.491 e. The lowest BCUT2D eigenvalue weighted by molar-refractivity contribution is -0.139. The zero-order valence-electron chi connectivity index (χ0n) is 24.4. The third kappa shape index (κ3) is 6.60. The summed E-state index contributed by atoms with van der Waals surface area (Å²) in [7, 11) is 0. The maximum Gasteiger partial charge on any atom is 0.338 e. The number of halogens is 3. The second kappa shape index (κ2) is 13.4. The minimum atomic E-state index is -0.826. The van der Waals surface area contributed by atoms with Gasteiger partial charge in [0.2, 0.25) is 0 Å². The molecule has 11 heteroatoms. The Morgan fingerprint density at radius 2 is 1.84 bits per heavy atom. The molecule has 0 saturated carbocycles. The summed E-state index contributed by atoms with van der Waals surface area (Å²) in [6.45, 7) is 7.50. The number of thiazole rings is 1. The van der Waals surface area contributed by atoms with E-state index in [1.165, 1.54) is 28.0 Å². The highest BCUT2D eigenvalue weighted by molar-refractivity contribution is 7.07. The first-order valence-corrected chi connectivity index (χ1v) is 15.5. The van der Waals surface area contributed by atoms with Gasteiger partial charge >= 0.3 is 5.97 Å². The number of para-hydroxylation sites is 1. The van der Waals surface area contributed by atoms with Gasteiger partial charge in [0.15, 0.2) is 10.6 Å². The van der Waals surface area contributed by atoms with Crippen molar-refractivity contribution in [2.24, 2.45) is 4.99 Å². The molecule has 0 fully saturated rings. The topological polar surface area (TPSA) is 79.1 Å². The quantitative estimate of drug-likeness (QED) is 0.190. The molecule has 2 heterocycles. The number of fused-ring (bicyclic) bond motifs is 1. The van der Waals surface area contributed by atoms with Gasteiger partial charge in [0.05, 0.1) is 38.6 Å². The van der Waals surface area contributed by atoms with Gasteiger partial charge in [0.1, 0.15) is 24.2 Å². The largest absolute Gasteiger partial charge is 0.491 e. The second-order valence-corrected chi connectivity index (χ2v) is 12.1. The number of ether oxygens (including phenoxy) is 3. The van der Waals surface area contributed by atoms with Crippen LogP contribution in [0.3, 0.4) is 0 Å². The van der Waals surface area contributed by atoms with E-state index in [0.717, 1.165) is 0 Å². The zero-order chi connectivity index (χ0) is 31.5. The molecular formula is C33H29Cl2FN2O5S. The number of benzene rings is 3. The van der Waals surface area contributed by atoms with Gasteiger partial charge in [-0.1, -0.05) is 64.9 Å². The molecule has 0 saturated heterocycles. The van der Waals surface area contributed by atoms with Gasteiger partial charge in [-0.15, -0.1) is 0 Å². The van der Waals surface area contributed by atoms with E-state index < -0.39 is 12.0 Å². The fraction of sp³-hybridized carbons (Fsp3) is 0.242. The lowest BCUT2D eigenvalue weighted by Crippen LogP contribution is -2.40. The summed E-state index contributed by atoms with van der Waals surface area (Å²) < 4.78 is 32.7. The van der Waals surface area contributed by atoms with Crippen molar-refractivity contribution in [3.63, 3.8) is 0 Å². The summed E-state index contributed by atoms with van der Waals surface area (Å²) >= 11 is 14.2. The lowest BCUT2D eigenvalue weighted by Gasteiger charge is -2.26. The molecule has 0 N–H and O–H groups in total. The molecule has 0 radical (unpaired) electrons. The number of esters is 1. The number of hydrogen-bond donors (Lipinski definition) is 0. The number of carbonyl (C=O) groups excluding carboxylic acids is 1. The number of nitrogens with zero attached hydrogens (tertiary/aromatic N) is 2. The number of hydrogen-bond acceptors (Lipinski definition) is 7. The molecule has 4 aromatic rings. The van der Waals surface area contributed by atoms with E-state index in [4.69, 9.17) is 37.4 Å². The molecule has 0 bridgehead atoms. The Balaban J connectivity index is 1.59. The first-order chi connectivity index (χ1) is 21.1. The van der Waals surface area contributed by atoms with E-state index >= 15 is 0 Å². The maximum atomic E-state index is 14.0. The SMILES string of the molecule is CCOC(=O)C1=C(C)N=c2s/c(=C/c3cc(Cl)c(OCc4cccc(F)c4)c(Cl)c3)c(=O)n2[C@H]1c1ccccc1OC(C)C. The van der Waals surface area contributed by atoms with Crippen LogP contribution in [-0.2, 0) is 16.1 Å². The first-order valence-electron chi connectivity index (χ1n) is 13.9. The highest BCUT2D eigenvalue weighted by Gasteiger charge is 2.35. The molecule has 1 aromatic heterocycles. The van der Waals surface area contributed by atoms with Gasteiger partial charge in [-0.05, 0) is 75.2 Å². The van der Waals surface area contributed by atoms with Crippen LogP contribution >= 0.6 is 34.5 Å². The molecule has 1 aliphatic rings. The Hall–Kier alpha value is -3.92. The molecule has 0 unspecified atom stereocenters. The Bertz CT molecular complexity index is 1930. The standard InChI is InChI=1S/C33H29Cl2FN2O5S/c1-5-41-32(40)28-19(4)37-33-38(29(28)23-11-6-7-12-26(23)43-18(2)3)31(39)27(44-33)16-21-14-24(34)30(25(35)15-21)42-17-20-9-8-10-22(36)13-20/h6-16,18,29H,5,17H2,1-4H3/b27-16+/t29-/m0/s1. The van der Waals surface area contributed by atoms with Gasteiger partial charge in [0.25, 0.3) is 5.56 Å². The van der Waals surface area contributed by atoms with Gasteiger partial charge in [-0.2, -0.15) is 0 Å². The van der Waals surface area contributed by atoms with Crippen molar-refractivity contribution < 1.29 is 23.4 Å². The predicted molar refractivity (Wildman–Crippen MR) is 170 cm³/mol. The molecule has 0 aliphatic carbocycles. The Morgan fingerprint density at radius 1 is 1.11 bits per heavy atom. The van der Waals surface area contributed by atoms with E-state index in [2.05, 4.69) is 4.99 Å². The van der Waals surface area contributed by atoms with Gasteiger partial charge in [-0.3, -0.25) is 9.36 Å². The first kappa shape index (κ1) is 31.5. The van der Waals surface area contributed by atoms with E-state index in [1.54, 1.807) is 44.2 Å². The van der Waals surface area contributed by atoms with Crippen LogP contribution in [0.5, 0.6) is 11.5 Å². The highest BCUT2D eigenvalue weighted by atomic mass is 35.5. The van der Waals surface area contributed by atoms with Crippen molar-refractivity contribution in [2.75, 3.05) is 6.61 Å². The van der Waals surface area contributed by atoms with Crippen molar-refractivity contribution in [1.29, 1.82) is 0 Å². The molecule has 228 valence electrons. The lowest BCUT2D eigenvalue weighted by atomic mass is 9.95. The fourth-order valence-electron chi connectivity index (χ4n) is 4.89. The molecule has 1 atom stereocenters. The summed E-state index contributed by atoms with van der Waals surface area (Å²) in [5, 5.41) is 0.456. The summed E-state index contributed by atoms with van der Waals surface area (Å²) in [5.41, 5.74) is 2.17. The smallest absolute Gasteiger partial charge is 0.338 e. The fourth-order valence-corrected chi connectivity index (χ4v) is 6.55. The number of allylic oxidation sites excluding steroid dienone is 1. The Labute approximate surface area is 267 Å². The van der Waals surface area contributed by atoms with Crippen LogP contribution < -0.4 is 24.4 Å². The normalized spacial score (nSPS) is 14.8. The monoisotopic (exact) mass is 654 g/mol. The zero-order valence-corrected chi connectivity index (χ0v) is 26.7. The summed E-state index contributed by atoms with van der Waals surface area (Å²) in [6, 6.07) is 15.8. The van der Waals surface area contributed by atoms with Crippen molar-refractivity contribution in [2.45, 2.75) is 46.4 Å². The number of rotatable bonds is 9. The average Bonchev–Trinajstić information content (AvgIpc) is 3.26. The molecule has 0 amide bonds. The Morgan fingerprint density at radius 3 is 2.52 bits per heavy atom. The average molecular weight is 656 g/mol. The molecular weight excluding hydrogens is 626 g/mol. The van der Waals surface area contributed by atoms with Gasteiger partial charge in [0, 0.05) is 5.56 Å². The van der Waals surface area contributed by atoms with Gasteiger partial charge < -0.3 is 14.2 Å². The van der Waals surface area contributed by atoms with Crippen molar-refractivity contribution >= 4 is 46.6 Å². The van der Waals surface area contributed by atoms with Gasteiger partial charge in [-0.25, -0.2) is 14.2 Å². The molecule has 1 aliphatic heterocycles. The van der Waals surface area contributed by atoms with Crippen LogP contribution in [0.15, 0.2) is 81.7 Å². The predicted octanol–water partition coefficient (Wildman–Crippen LogP) is 6.61. The Kier molecular flexibility index (Phi) is 9.58. The van der Waals surface area contributed by atoms with E-state index in [-0.39, 0.29) is 52.1 Å². The van der Waals surface area contributed by atoms with Crippen LogP contribution in [0.1, 0.15) is 50.4 Å². The molecule has 0 spiro atoms. The van der Waals surface area contributed by atoms with E-state index in [1.807, 2.05) is 38.1 Å². The van der Waals surface area contributed by atoms with Crippen LogP contribution in [0.25, 0.3) is 6.08 Å². The van der Waals surface area contributed by atoms with Crippen LogP contribution in [0.2, 0.25) is 10.0 Å². The van der Waals surface area contributed by atoms with Crippen LogP contribution in [0, 0.1) is 5.82 Å². The van der Waals surface area contributed by atoms with Crippen LogP contribution in [0.4, 0.5) is 4.39 Å². The minimum absolute atomic E-state index is 0.0687. The summed E-state index contributed by atoms with van der Waals surface area (Å²) in [5.74, 6) is -0.138. The van der Waals surface area contributed by atoms with E-state index in [9.17, 15) is 14.0 Å². The van der Waals surface area contributed by atoms with E-state index in [0.29, 0.717) is 37.5 Å². The third-order valence-corrected chi connectivity index (χ3v) is 8.23. The highest BCUT2D eigenvalue weighted by Crippen LogP contribution is 2.37. The maximum absolute atomic E-state index is 14.0. The second-order valence-electron chi connectivity index (χ2n) is 10.2. The van der Waals surface area contributed by atoms with Crippen LogP contribution in [-0.4, -0.2) is 23.2 Å². The van der Waals surface area contributed by atoms with Crippen molar-refractivity contribution in [3.05, 3.63) is 124 Å².